The van der Waals surface area contributed by atoms with E-state index in [1.165, 1.54) is 0 Å². The number of hydrogen-bond acceptors (Lipinski definition) is 4. The Balaban J connectivity index is 1.78. The molecule has 0 radical (unpaired) electrons. The highest BCUT2D eigenvalue weighted by Gasteiger charge is 2.69. The summed E-state index contributed by atoms with van der Waals surface area (Å²) in [5, 5.41) is 22.8. The highest BCUT2D eigenvalue weighted by Crippen LogP contribution is 2.68. The molecule has 0 spiro atoms. The van der Waals surface area contributed by atoms with Crippen molar-refractivity contribution in [1.82, 2.24) is 0 Å². The number of Topliss-reactive ketones (excluding diaryl/α,β-unsaturated/α-hetero) is 1. The molecule has 0 aliphatic heterocycles. The van der Waals surface area contributed by atoms with Crippen LogP contribution in [0.3, 0.4) is 0 Å². The molecule has 138 valence electrons. The van der Waals surface area contributed by atoms with Gasteiger partial charge in [-0.25, -0.2) is 0 Å². The summed E-state index contributed by atoms with van der Waals surface area (Å²) in [6, 6.07) is 0. The summed E-state index contributed by atoms with van der Waals surface area (Å²) >= 11 is 0. The van der Waals surface area contributed by atoms with Crippen molar-refractivity contribution < 1.29 is 19.8 Å². The van der Waals surface area contributed by atoms with Gasteiger partial charge in [-0.1, -0.05) is 19.4 Å². The van der Waals surface area contributed by atoms with Crippen molar-refractivity contribution in [2.45, 2.75) is 77.4 Å². The number of fused-ring (bicyclic) bond motifs is 5. The summed E-state index contributed by atoms with van der Waals surface area (Å²) in [6.45, 7) is 5.92. The van der Waals surface area contributed by atoms with Crippen LogP contribution in [0.2, 0.25) is 0 Å². The van der Waals surface area contributed by atoms with Gasteiger partial charge in [0.05, 0.1) is 11.7 Å². The zero-order chi connectivity index (χ0) is 18.2. The molecular formula is C21H30O4. The molecule has 4 nitrogen and oxygen atoms in total. The average Bonchev–Trinajstić information content (AvgIpc) is 2.81. The van der Waals surface area contributed by atoms with E-state index in [1.54, 1.807) is 13.0 Å². The number of ketones is 2. The minimum atomic E-state index is -0.984. The van der Waals surface area contributed by atoms with Crippen LogP contribution in [-0.2, 0) is 9.59 Å². The van der Waals surface area contributed by atoms with Gasteiger partial charge in [0.15, 0.2) is 5.78 Å². The standard InChI is InChI=1S/C21H30O4/c1-12(22)15-6-9-21(25)18-16(5-8-20(15,21)3)19(2)7-4-14(23)10-13(19)11-17(18)24/h10,15-18,24-25H,4-9,11H2,1-3H3/t15-,16+,17?,18+,19+,20-,21-/m1/s1. The van der Waals surface area contributed by atoms with E-state index in [0.29, 0.717) is 19.3 Å². The molecule has 0 aromatic carbocycles. The molecular weight excluding hydrogens is 316 g/mol. The lowest BCUT2D eigenvalue weighted by atomic mass is 9.44. The fraction of sp³-hybridized carbons (Fsp3) is 0.810. The first-order valence-electron chi connectivity index (χ1n) is 9.78. The van der Waals surface area contributed by atoms with E-state index in [4.69, 9.17) is 0 Å². The summed E-state index contributed by atoms with van der Waals surface area (Å²) in [5.74, 6) is 0.195. The average molecular weight is 346 g/mol. The van der Waals surface area contributed by atoms with Crippen molar-refractivity contribution in [3.8, 4) is 0 Å². The number of aliphatic hydroxyl groups excluding tert-OH is 1. The highest BCUT2D eigenvalue weighted by molar-refractivity contribution is 5.91. The summed E-state index contributed by atoms with van der Waals surface area (Å²) in [6.07, 6.45) is 6.02. The van der Waals surface area contributed by atoms with Gasteiger partial charge in [-0.05, 0) is 62.9 Å². The molecule has 7 atom stereocenters. The molecule has 3 saturated carbocycles. The molecule has 0 amide bonds. The second-order valence-corrected chi connectivity index (χ2v) is 9.54. The van der Waals surface area contributed by atoms with Gasteiger partial charge in [-0.15, -0.1) is 0 Å². The molecule has 4 aliphatic carbocycles. The largest absolute Gasteiger partial charge is 0.392 e. The van der Waals surface area contributed by atoms with E-state index >= 15 is 0 Å². The van der Waals surface area contributed by atoms with Crippen LogP contribution >= 0.6 is 0 Å². The Hall–Kier alpha value is -1.00. The summed E-state index contributed by atoms with van der Waals surface area (Å²) < 4.78 is 0. The van der Waals surface area contributed by atoms with Gasteiger partial charge >= 0.3 is 0 Å². The van der Waals surface area contributed by atoms with Crippen molar-refractivity contribution in [3.05, 3.63) is 11.6 Å². The Morgan fingerprint density at radius 2 is 1.92 bits per heavy atom. The molecule has 0 aromatic heterocycles. The third-order valence-corrected chi connectivity index (χ3v) is 8.64. The van der Waals surface area contributed by atoms with Gasteiger partial charge in [0, 0.05) is 23.7 Å². The van der Waals surface area contributed by atoms with Gasteiger partial charge in [-0.2, -0.15) is 0 Å². The molecule has 4 aliphatic rings. The normalized spacial score (nSPS) is 52.0. The lowest BCUT2D eigenvalue weighted by molar-refractivity contribution is -0.212. The second-order valence-electron chi connectivity index (χ2n) is 9.54. The predicted octanol–water partition coefficient (Wildman–Crippen LogP) is 2.81. The van der Waals surface area contributed by atoms with E-state index in [9.17, 15) is 19.8 Å². The minimum absolute atomic E-state index is 0.108. The van der Waals surface area contributed by atoms with E-state index in [0.717, 1.165) is 31.3 Å². The number of aliphatic hydroxyl groups is 2. The van der Waals surface area contributed by atoms with Gasteiger partial charge < -0.3 is 10.2 Å². The van der Waals surface area contributed by atoms with Crippen molar-refractivity contribution in [2.75, 3.05) is 0 Å². The number of carbonyl (C=O) groups excluding carboxylic acids is 2. The fourth-order valence-electron chi connectivity index (χ4n) is 7.17. The summed E-state index contributed by atoms with van der Waals surface area (Å²) in [4.78, 5) is 24.1. The predicted molar refractivity (Wildman–Crippen MR) is 93.7 cm³/mol. The van der Waals surface area contributed by atoms with E-state index < -0.39 is 17.1 Å². The number of hydrogen-bond donors (Lipinski definition) is 2. The fourth-order valence-corrected chi connectivity index (χ4v) is 7.17. The molecule has 2 N–H and O–H groups in total. The topological polar surface area (TPSA) is 74.6 Å². The first-order valence-corrected chi connectivity index (χ1v) is 9.78. The smallest absolute Gasteiger partial charge is 0.155 e. The van der Waals surface area contributed by atoms with Gasteiger partial charge in [0.25, 0.3) is 0 Å². The maximum absolute atomic E-state index is 12.2. The molecule has 1 unspecified atom stereocenters. The van der Waals surface area contributed by atoms with E-state index in [1.807, 2.05) is 0 Å². The zero-order valence-electron chi connectivity index (χ0n) is 15.5. The van der Waals surface area contributed by atoms with E-state index in [2.05, 4.69) is 13.8 Å². The van der Waals surface area contributed by atoms with Crippen LogP contribution < -0.4 is 0 Å². The highest BCUT2D eigenvalue weighted by atomic mass is 16.3. The monoisotopic (exact) mass is 346 g/mol. The first-order chi connectivity index (χ1) is 11.6. The minimum Gasteiger partial charge on any atom is -0.392 e. The number of carbonyl (C=O) groups is 2. The van der Waals surface area contributed by atoms with Gasteiger partial charge in [-0.3, -0.25) is 9.59 Å². The van der Waals surface area contributed by atoms with Crippen LogP contribution in [0.5, 0.6) is 0 Å². The third-order valence-electron chi connectivity index (χ3n) is 8.64. The van der Waals surface area contributed by atoms with Crippen LogP contribution in [0.1, 0.15) is 65.7 Å². The Bertz CT molecular complexity index is 667. The van der Waals surface area contributed by atoms with Gasteiger partial charge in [0.2, 0.25) is 0 Å². The molecule has 0 bridgehead atoms. The molecule has 25 heavy (non-hydrogen) atoms. The van der Waals surface area contributed by atoms with Crippen molar-refractivity contribution in [3.63, 3.8) is 0 Å². The SMILES string of the molecule is CC(=O)[C@H]1CC[C@@]2(O)[C@@H]3C(O)CC4=CC(=O)CC[C@]4(C)[C@H]3CC[C@]12C. The Morgan fingerprint density at radius 3 is 2.60 bits per heavy atom. The first kappa shape index (κ1) is 17.4. The quantitative estimate of drug-likeness (QED) is 0.766. The second kappa shape index (κ2) is 5.26. The molecule has 0 heterocycles. The molecule has 3 fully saturated rings. The maximum Gasteiger partial charge on any atom is 0.155 e. The van der Waals surface area contributed by atoms with Gasteiger partial charge in [0.1, 0.15) is 5.78 Å². The Morgan fingerprint density at radius 1 is 1.20 bits per heavy atom. The lowest BCUT2D eigenvalue weighted by Crippen LogP contribution is -2.64. The third kappa shape index (κ3) is 2.07. The van der Waals surface area contributed by atoms with Crippen molar-refractivity contribution in [1.29, 1.82) is 0 Å². The zero-order valence-corrected chi connectivity index (χ0v) is 15.5. The van der Waals surface area contributed by atoms with Crippen molar-refractivity contribution in [2.24, 2.45) is 28.6 Å². The van der Waals surface area contributed by atoms with E-state index in [-0.39, 0.29) is 34.7 Å². The molecule has 4 rings (SSSR count). The number of rotatable bonds is 1. The summed E-state index contributed by atoms with van der Waals surface area (Å²) in [5.41, 5.74) is -0.459. The molecule has 0 aromatic rings. The molecule has 0 saturated heterocycles. The van der Waals surface area contributed by atoms with Crippen LogP contribution in [0.4, 0.5) is 0 Å². The summed E-state index contributed by atoms with van der Waals surface area (Å²) in [7, 11) is 0. The van der Waals surface area contributed by atoms with Crippen LogP contribution in [0.15, 0.2) is 11.6 Å². The van der Waals surface area contributed by atoms with Crippen LogP contribution in [-0.4, -0.2) is 33.5 Å². The van der Waals surface area contributed by atoms with Crippen molar-refractivity contribution >= 4 is 11.6 Å². The Labute approximate surface area is 149 Å². The molecule has 4 heteroatoms. The van der Waals surface area contributed by atoms with Crippen LogP contribution in [0, 0.1) is 28.6 Å². The maximum atomic E-state index is 12.2. The van der Waals surface area contributed by atoms with Crippen LogP contribution in [0.25, 0.3) is 0 Å². The lowest BCUT2D eigenvalue weighted by Gasteiger charge is -2.62. The Kier molecular flexibility index (Phi) is 3.66.